The zero-order chi connectivity index (χ0) is 19.8. The molecule has 0 radical (unpaired) electrons. The van der Waals surface area contributed by atoms with Crippen LogP contribution in [0.1, 0.15) is 29.5 Å². The number of hydrogen-bond donors (Lipinski definition) is 2. The smallest absolute Gasteiger partial charge is 0.347 e. The van der Waals surface area contributed by atoms with Crippen LogP contribution in [0, 0.1) is 0 Å². The minimum atomic E-state index is -0.660. The fraction of sp³-hybridized carbons (Fsp3) is 0.238. The van der Waals surface area contributed by atoms with Gasteiger partial charge in [0, 0.05) is 18.8 Å². The number of hydrogen-bond acceptors (Lipinski definition) is 5. The number of carbonyl (C=O) groups excluding carboxylic acids is 1. The molecule has 2 N–H and O–H groups in total. The Morgan fingerprint density at radius 2 is 2.07 bits per heavy atom. The van der Waals surface area contributed by atoms with Crippen LogP contribution in [0.25, 0.3) is 16.0 Å². The number of amides is 2. The summed E-state index contributed by atoms with van der Waals surface area (Å²) in [7, 11) is 1.67. The predicted octanol–water partition coefficient (Wildman–Crippen LogP) is 4.93. The van der Waals surface area contributed by atoms with Crippen LogP contribution in [0.4, 0.5) is 15.5 Å². The van der Waals surface area contributed by atoms with Gasteiger partial charge in [-0.1, -0.05) is 18.7 Å². The molecule has 3 aromatic rings. The molecule has 1 aromatic carbocycles. The molecular weight excluding hydrogens is 376 g/mol. The van der Waals surface area contributed by atoms with Crippen LogP contribution in [0.2, 0.25) is 0 Å². The molecule has 0 atom stereocenters. The average molecular weight is 396 g/mol. The Kier molecular flexibility index (Phi) is 4.68. The lowest BCUT2D eigenvalue weighted by Crippen LogP contribution is -2.31. The number of carbonyl (C=O) groups is 1. The molecule has 1 aliphatic rings. The summed E-state index contributed by atoms with van der Waals surface area (Å²) in [4.78, 5) is 26.2. The number of nitrogens with zero attached hydrogens (tertiary/aromatic N) is 1. The first-order chi connectivity index (χ1) is 13.4. The third-order valence-corrected chi connectivity index (χ3v) is 6.13. The molecule has 1 aliphatic carbocycles. The van der Waals surface area contributed by atoms with Crippen molar-refractivity contribution < 1.29 is 14.3 Å². The molecule has 0 saturated carbocycles. The topological polar surface area (TPSA) is 82.8 Å². The van der Waals surface area contributed by atoms with E-state index >= 15 is 0 Å². The van der Waals surface area contributed by atoms with E-state index in [0.29, 0.717) is 15.3 Å². The Bertz CT molecular complexity index is 1150. The van der Waals surface area contributed by atoms with Crippen LogP contribution in [-0.2, 0) is 12.8 Å². The van der Waals surface area contributed by atoms with Crippen molar-refractivity contribution in [1.29, 1.82) is 0 Å². The van der Waals surface area contributed by atoms with Gasteiger partial charge in [-0.15, -0.1) is 11.3 Å². The lowest BCUT2D eigenvalue weighted by molar-refractivity contribution is 0.258. The summed E-state index contributed by atoms with van der Waals surface area (Å²) < 4.78 is 5.88. The fourth-order valence-corrected chi connectivity index (χ4v) is 4.45. The van der Waals surface area contributed by atoms with Crippen molar-refractivity contribution in [1.82, 2.24) is 0 Å². The molecule has 7 heteroatoms. The highest BCUT2D eigenvalue weighted by molar-refractivity contribution is 7.22. The van der Waals surface area contributed by atoms with Gasteiger partial charge in [0.05, 0.1) is 4.70 Å². The van der Waals surface area contributed by atoms with E-state index in [-0.39, 0.29) is 17.4 Å². The molecule has 2 amide bonds. The van der Waals surface area contributed by atoms with E-state index in [0.717, 1.165) is 24.9 Å². The monoisotopic (exact) mass is 396 g/mol. The van der Waals surface area contributed by atoms with Gasteiger partial charge >= 0.3 is 11.7 Å². The minimum Gasteiger partial charge on any atom is -0.508 e. The number of aliphatic hydroxyl groups excluding tert-OH is 1. The van der Waals surface area contributed by atoms with E-state index < -0.39 is 5.63 Å². The van der Waals surface area contributed by atoms with Gasteiger partial charge in [-0.25, -0.2) is 9.59 Å². The van der Waals surface area contributed by atoms with Crippen LogP contribution in [0.3, 0.4) is 0 Å². The first-order valence-electron chi connectivity index (χ1n) is 9.05. The Morgan fingerprint density at radius 3 is 2.86 bits per heavy atom. The maximum absolute atomic E-state index is 12.8. The summed E-state index contributed by atoms with van der Waals surface area (Å²) >= 11 is 1.29. The summed E-state index contributed by atoms with van der Waals surface area (Å²) in [6.07, 6.45) is 4.32. The lowest BCUT2D eigenvalue weighted by atomic mass is 9.90. The van der Waals surface area contributed by atoms with E-state index in [1.807, 2.05) is 12.1 Å². The summed E-state index contributed by atoms with van der Waals surface area (Å²) in [5, 5.41) is 13.1. The van der Waals surface area contributed by atoms with Gasteiger partial charge in [0.25, 0.3) is 0 Å². The summed E-state index contributed by atoms with van der Waals surface area (Å²) in [6.45, 7) is 3.37. The van der Waals surface area contributed by atoms with Crippen molar-refractivity contribution in [2.45, 2.75) is 25.7 Å². The highest BCUT2D eigenvalue weighted by atomic mass is 32.1. The van der Waals surface area contributed by atoms with Gasteiger partial charge < -0.3 is 14.8 Å². The SMILES string of the molecule is C=C(O)c1cc2sc(N(C)C(=O)Nc3cccc4c3CCCC4)cc2oc1=O. The van der Waals surface area contributed by atoms with Crippen molar-refractivity contribution in [3.05, 3.63) is 64.0 Å². The molecule has 0 bridgehead atoms. The van der Waals surface area contributed by atoms with Gasteiger partial charge in [0.1, 0.15) is 16.3 Å². The van der Waals surface area contributed by atoms with Crippen molar-refractivity contribution in [2.24, 2.45) is 0 Å². The van der Waals surface area contributed by atoms with Gasteiger partial charge in [-0.05, 0) is 48.9 Å². The fourth-order valence-electron chi connectivity index (χ4n) is 3.46. The first-order valence-corrected chi connectivity index (χ1v) is 9.87. The zero-order valence-electron chi connectivity index (χ0n) is 15.4. The third-order valence-electron chi connectivity index (χ3n) is 4.99. The van der Waals surface area contributed by atoms with E-state index in [4.69, 9.17) is 4.42 Å². The van der Waals surface area contributed by atoms with Crippen LogP contribution < -0.4 is 15.8 Å². The summed E-state index contributed by atoms with van der Waals surface area (Å²) in [5.41, 5.74) is 3.08. The average Bonchev–Trinajstić information content (AvgIpc) is 3.09. The number of nitrogens with one attached hydrogen (secondary N) is 1. The lowest BCUT2D eigenvalue weighted by Gasteiger charge is -2.21. The van der Waals surface area contributed by atoms with Gasteiger partial charge in [-0.2, -0.15) is 0 Å². The molecule has 4 rings (SSSR count). The normalized spacial score (nSPS) is 13.2. The van der Waals surface area contributed by atoms with Crippen LogP contribution in [0.5, 0.6) is 0 Å². The molecule has 2 heterocycles. The summed E-state index contributed by atoms with van der Waals surface area (Å²) in [5.74, 6) is -0.342. The molecular formula is C21H20N2O4S. The highest BCUT2D eigenvalue weighted by Crippen LogP contribution is 2.33. The molecule has 0 saturated heterocycles. The number of rotatable bonds is 3. The van der Waals surface area contributed by atoms with Crippen molar-refractivity contribution in [2.75, 3.05) is 17.3 Å². The largest absolute Gasteiger partial charge is 0.508 e. The molecule has 6 nitrogen and oxygen atoms in total. The third kappa shape index (κ3) is 3.29. The number of fused-ring (bicyclic) bond motifs is 2. The maximum Gasteiger partial charge on any atom is 0.347 e. The second kappa shape index (κ2) is 7.16. The van der Waals surface area contributed by atoms with E-state index in [1.165, 1.54) is 39.9 Å². The number of thiophene rings is 1. The van der Waals surface area contributed by atoms with Crippen LogP contribution in [0.15, 0.2) is 46.1 Å². The number of aliphatic hydroxyl groups is 1. The molecule has 144 valence electrons. The van der Waals surface area contributed by atoms with Crippen molar-refractivity contribution in [3.63, 3.8) is 0 Å². The van der Waals surface area contributed by atoms with Crippen LogP contribution >= 0.6 is 11.3 Å². The highest BCUT2D eigenvalue weighted by Gasteiger charge is 2.19. The first kappa shape index (κ1) is 18.3. The Morgan fingerprint density at radius 1 is 1.29 bits per heavy atom. The van der Waals surface area contributed by atoms with Gasteiger partial charge in [0.2, 0.25) is 0 Å². The standard InChI is InChI=1S/C21H20N2O4S/c1-12(24)15-10-18-17(27-20(15)25)11-19(28-18)23(2)21(26)22-16-9-5-7-13-6-3-4-8-14(13)16/h5,7,9-11,24H,1,3-4,6,8H2,2H3,(H,22,26). The quantitative estimate of drug-likeness (QED) is 0.615. The van der Waals surface area contributed by atoms with Crippen molar-refractivity contribution in [3.8, 4) is 0 Å². The van der Waals surface area contributed by atoms with E-state index in [9.17, 15) is 14.7 Å². The van der Waals surface area contributed by atoms with E-state index in [2.05, 4.69) is 18.0 Å². The molecule has 28 heavy (non-hydrogen) atoms. The van der Waals surface area contributed by atoms with Crippen molar-refractivity contribution >= 4 is 44.1 Å². The second-order valence-corrected chi connectivity index (χ2v) is 7.91. The second-order valence-electron chi connectivity index (χ2n) is 6.85. The minimum absolute atomic E-state index is 0.0175. The zero-order valence-corrected chi connectivity index (χ0v) is 16.3. The summed E-state index contributed by atoms with van der Waals surface area (Å²) in [6, 6.07) is 8.92. The number of benzene rings is 1. The number of aryl methyl sites for hydroxylation is 1. The molecule has 2 aromatic heterocycles. The van der Waals surface area contributed by atoms with Gasteiger partial charge in [-0.3, -0.25) is 4.90 Å². The van der Waals surface area contributed by atoms with Gasteiger partial charge in [0.15, 0.2) is 5.58 Å². The number of anilines is 2. The molecule has 0 unspecified atom stereocenters. The Balaban J connectivity index is 1.61. The Labute approximate surface area is 165 Å². The number of urea groups is 1. The Hall–Kier alpha value is -3.06. The molecule has 0 aliphatic heterocycles. The predicted molar refractivity (Wildman–Crippen MR) is 113 cm³/mol. The molecule has 0 spiro atoms. The maximum atomic E-state index is 12.8. The van der Waals surface area contributed by atoms with E-state index in [1.54, 1.807) is 13.1 Å². The van der Waals surface area contributed by atoms with Crippen LogP contribution in [-0.4, -0.2) is 18.2 Å². The molecule has 0 fully saturated rings.